The van der Waals surface area contributed by atoms with Crippen LogP contribution >= 0.6 is 12.4 Å². The summed E-state index contributed by atoms with van der Waals surface area (Å²) >= 11 is 0. The van der Waals surface area contributed by atoms with Crippen molar-refractivity contribution < 1.29 is 13.5 Å². The van der Waals surface area contributed by atoms with Crippen LogP contribution in [0.3, 0.4) is 0 Å². The van der Waals surface area contributed by atoms with Crippen LogP contribution in [0.25, 0.3) is 0 Å². The first kappa shape index (κ1) is 10.2. The topological polar surface area (TPSA) is 21.3 Å². The lowest BCUT2D eigenvalue weighted by Gasteiger charge is -2.19. The van der Waals surface area contributed by atoms with Crippen LogP contribution < -0.4 is 5.32 Å². The first-order valence-corrected chi connectivity index (χ1v) is 3.83. The van der Waals surface area contributed by atoms with E-state index in [0.717, 1.165) is 6.42 Å². The van der Waals surface area contributed by atoms with Crippen molar-refractivity contribution in [2.24, 2.45) is 0 Å². The maximum Gasteiger partial charge on any atom is 0.262 e. The Balaban J connectivity index is 0.000000720. The molecule has 0 amide bonds. The fourth-order valence-electron chi connectivity index (χ4n) is 1.82. The zero-order chi connectivity index (χ0) is 7.95. The molecule has 5 heteroatoms. The number of alkyl halides is 2. The minimum absolute atomic E-state index is 0. The van der Waals surface area contributed by atoms with Gasteiger partial charge < -0.3 is 10.1 Å². The molecule has 0 radical (unpaired) electrons. The first-order valence-electron chi connectivity index (χ1n) is 3.83. The van der Waals surface area contributed by atoms with Gasteiger partial charge in [0.05, 0.1) is 13.2 Å². The summed E-state index contributed by atoms with van der Waals surface area (Å²) in [6, 6.07) is 0. The smallest absolute Gasteiger partial charge is 0.262 e. The van der Waals surface area contributed by atoms with Crippen LogP contribution in [-0.2, 0) is 4.74 Å². The predicted octanol–water partition coefficient (Wildman–Crippen LogP) is 1.20. The highest BCUT2D eigenvalue weighted by atomic mass is 35.5. The quantitative estimate of drug-likeness (QED) is 0.633. The Labute approximate surface area is 76.1 Å². The summed E-state index contributed by atoms with van der Waals surface area (Å²) in [6.07, 6.45) is 0.669. The molecule has 2 nitrogen and oxygen atoms in total. The highest BCUT2D eigenvalue weighted by Gasteiger charge is 2.50. The minimum atomic E-state index is -2.52. The van der Waals surface area contributed by atoms with Crippen molar-refractivity contribution in [3.63, 3.8) is 0 Å². The number of rotatable bonds is 0. The minimum Gasteiger partial charge on any atom is -0.379 e. The molecule has 0 saturated carbocycles. The van der Waals surface area contributed by atoms with Gasteiger partial charge in [0.2, 0.25) is 0 Å². The van der Waals surface area contributed by atoms with Gasteiger partial charge in [-0.05, 0) is 6.42 Å². The largest absolute Gasteiger partial charge is 0.379 e. The van der Waals surface area contributed by atoms with Gasteiger partial charge in [-0.2, -0.15) is 0 Å². The molecule has 0 aromatic carbocycles. The van der Waals surface area contributed by atoms with E-state index in [4.69, 9.17) is 4.74 Å². The van der Waals surface area contributed by atoms with Crippen molar-refractivity contribution in [2.45, 2.75) is 24.3 Å². The zero-order valence-corrected chi connectivity index (χ0v) is 7.42. The number of ether oxygens (including phenoxy) is 1. The molecule has 2 rings (SSSR count). The van der Waals surface area contributed by atoms with Crippen LogP contribution in [0, 0.1) is 0 Å². The van der Waals surface area contributed by atoms with E-state index in [2.05, 4.69) is 5.32 Å². The maximum absolute atomic E-state index is 12.7. The second-order valence-corrected chi connectivity index (χ2v) is 3.47. The summed E-state index contributed by atoms with van der Waals surface area (Å²) in [4.78, 5) is 0. The van der Waals surface area contributed by atoms with E-state index in [1.54, 1.807) is 0 Å². The Bertz CT molecular complexity index is 171. The van der Waals surface area contributed by atoms with E-state index in [1.807, 2.05) is 0 Å². The van der Waals surface area contributed by atoms with E-state index >= 15 is 0 Å². The lowest BCUT2D eigenvalue weighted by atomic mass is 9.96. The first-order chi connectivity index (χ1) is 5.12. The Morgan fingerprint density at radius 3 is 2.50 bits per heavy atom. The average molecular weight is 200 g/mol. The van der Waals surface area contributed by atoms with E-state index in [-0.39, 0.29) is 25.4 Å². The van der Waals surface area contributed by atoms with Gasteiger partial charge in [-0.1, -0.05) is 0 Å². The summed E-state index contributed by atoms with van der Waals surface area (Å²) in [5.41, 5.74) is -0.399. The van der Waals surface area contributed by atoms with Gasteiger partial charge in [-0.25, -0.2) is 8.78 Å². The lowest BCUT2D eigenvalue weighted by Crippen LogP contribution is -2.39. The zero-order valence-electron chi connectivity index (χ0n) is 6.61. The number of hydrogen-bond donors (Lipinski definition) is 1. The molecule has 0 bridgehead atoms. The molecule has 2 saturated heterocycles. The van der Waals surface area contributed by atoms with Gasteiger partial charge in [0.1, 0.15) is 0 Å². The highest BCUT2D eigenvalue weighted by molar-refractivity contribution is 5.85. The molecule has 72 valence electrons. The SMILES string of the molecule is Cl.FC1(F)CNC2(CCOC2)C1. The van der Waals surface area contributed by atoms with Crippen molar-refractivity contribution >= 4 is 12.4 Å². The van der Waals surface area contributed by atoms with Gasteiger partial charge in [-0.15, -0.1) is 12.4 Å². The summed E-state index contributed by atoms with van der Waals surface area (Å²) in [7, 11) is 0. The summed E-state index contributed by atoms with van der Waals surface area (Å²) < 4.78 is 30.5. The van der Waals surface area contributed by atoms with Crippen LogP contribution in [0.1, 0.15) is 12.8 Å². The van der Waals surface area contributed by atoms with E-state index in [1.165, 1.54) is 0 Å². The Morgan fingerprint density at radius 1 is 1.33 bits per heavy atom. The van der Waals surface area contributed by atoms with Crippen LogP contribution in [0.2, 0.25) is 0 Å². The maximum atomic E-state index is 12.7. The van der Waals surface area contributed by atoms with Crippen molar-refractivity contribution in [3.05, 3.63) is 0 Å². The predicted molar refractivity (Wildman–Crippen MR) is 43.0 cm³/mol. The van der Waals surface area contributed by atoms with Crippen LogP contribution in [0.4, 0.5) is 8.78 Å². The standard InChI is InChI=1S/C7H11F2NO.ClH/c8-7(9)3-6(10-4-7)1-2-11-5-6;/h10H,1-5H2;1H. The van der Waals surface area contributed by atoms with Crippen molar-refractivity contribution in [3.8, 4) is 0 Å². The fraction of sp³-hybridized carbons (Fsp3) is 1.00. The highest BCUT2D eigenvalue weighted by Crippen LogP contribution is 2.36. The molecular formula is C7H12ClF2NO. The number of nitrogens with one attached hydrogen (secondary N) is 1. The Morgan fingerprint density at radius 2 is 2.08 bits per heavy atom. The summed E-state index contributed by atoms with van der Waals surface area (Å²) in [6.45, 7) is 0.877. The van der Waals surface area contributed by atoms with E-state index < -0.39 is 11.5 Å². The Kier molecular flexibility index (Phi) is 2.61. The van der Waals surface area contributed by atoms with Crippen molar-refractivity contribution in [1.82, 2.24) is 5.32 Å². The molecule has 1 spiro atoms. The molecule has 0 aromatic rings. The molecule has 2 aliphatic rings. The van der Waals surface area contributed by atoms with Gasteiger partial charge in [0.25, 0.3) is 5.92 Å². The molecule has 2 aliphatic heterocycles. The second kappa shape index (κ2) is 3.09. The number of halogens is 3. The molecule has 0 aliphatic carbocycles. The van der Waals surface area contributed by atoms with Gasteiger partial charge in [-0.3, -0.25) is 0 Å². The summed E-state index contributed by atoms with van der Waals surface area (Å²) in [5, 5.41) is 2.85. The van der Waals surface area contributed by atoms with Crippen molar-refractivity contribution in [1.29, 1.82) is 0 Å². The molecule has 2 heterocycles. The number of hydrogen-bond acceptors (Lipinski definition) is 2. The third kappa shape index (κ3) is 1.70. The van der Waals surface area contributed by atoms with Gasteiger partial charge >= 0.3 is 0 Å². The fourth-order valence-corrected chi connectivity index (χ4v) is 1.82. The summed E-state index contributed by atoms with van der Waals surface area (Å²) in [5.74, 6) is -2.52. The second-order valence-electron chi connectivity index (χ2n) is 3.47. The molecule has 12 heavy (non-hydrogen) atoms. The molecule has 0 aromatic heterocycles. The van der Waals surface area contributed by atoms with Gasteiger partial charge in [0.15, 0.2) is 0 Å². The van der Waals surface area contributed by atoms with Crippen molar-refractivity contribution in [2.75, 3.05) is 19.8 Å². The van der Waals surface area contributed by atoms with Gasteiger partial charge in [0, 0.05) is 18.6 Å². The normalized spacial score (nSPS) is 38.5. The van der Waals surface area contributed by atoms with E-state index in [9.17, 15) is 8.78 Å². The monoisotopic (exact) mass is 199 g/mol. The van der Waals surface area contributed by atoms with Crippen LogP contribution in [0.15, 0.2) is 0 Å². The molecule has 2 fully saturated rings. The molecule has 1 atom stereocenters. The molecule has 1 N–H and O–H groups in total. The van der Waals surface area contributed by atoms with Crippen LogP contribution in [-0.4, -0.2) is 31.2 Å². The average Bonchev–Trinajstić information content (AvgIpc) is 2.43. The third-order valence-electron chi connectivity index (χ3n) is 2.42. The van der Waals surface area contributed by atoms with E-state index in [0.29, 0.717) is 13.2 Å². The van der Waals surface area contributed by atoms with Crippen LogP contribution in [0.5, 0.6) is 0 Å². The molecular weight excluding hydrogens is 188 g/mol. The lowest BCUT2D eigenvalue weighted by molar-refractivity contribution is 0.0148. The Hall–Kier alpha value is 0.0700. The third-order valence-corrected chi connectivity index (χ3v) is 2.42. The molecule has 1 unspecified atom stereocenters.